The molecule has 2 heterocycles. The second kappa shape index (κ2) is 12.0. The van der Waals surface area contributed by atoms with Gasteiger partial charge < -0.3 is 13.9 Å². The molecule has 42 heavy (non-hydrogen) atoms. The molecule has 0 unspecified atom stereocenters. The van der Waals surface area contributed by atoms with Crippen molar-refractivity contribution >= 4 is 67.2 Å². The minimum Gasteiger partial charge on any atom is -0.490 e. The number of fused-ring (bicyclic) bond motifs is 2. The predicted octanol–water partition coefficient (Wildman–Crippen LogP) is 8.74. The summed E-state index contributed by atoms with van der Waals surface area (Å²) in [6.45, 7) is 2.60. The Morgan fingerprint density at radius 3 is 2.64 bits per heavy atom. The Kier molecular flexibility index (Phi) is 8.02. The van der Waals surface area contributed by atoms with E-state index >= 15 is 0 Å². The van der Waals surface area contributed by atoms with Crippen LogP contribution < -0.4 is 15.0 Å². The highest BCUT2D eigenvalue weighted by Crippen LogP contribution is 2.31. The Labute approximate surface area is 259 Å². The minimum atomic E-state index is -0.319. The number of aromatic nitrogens is 2. The average Bonchev–Trinajstić information content (AvgIpc) is 3.41. The molecule has 0 N–H and O–H groups in total. The monoisotopic (exact) mass is 661 g/mol. The highest BCUT2D eigenvalue weighted by atomic mass is 79.9. The van der Waals surface area contributed by atoms with Crippen LogP contribution >= 0.6 is 39.1 Å². The first kappa shape index (κ1) is 28.0. The van der Waals surface area contributed by atoms with Gasteiger partial charge in [-0.3, -0.25) is 4.79 Å². The average molecular weight is 663 g/mol. The third-order valence-electron chi connectivity index (χ3n) is 6.42. The lowest BCUT2D eigenvalue weighted by Crippen LogP contribution is -2.20. The normalized spacial score (nSPS) is 11.5. The number of benzene rings is 4. The number of rotatable bonds is 8. The largest absolute Gasteiger partial charge is 0.490 e. The molecule has 6 aromatic rings. The Hall–Kier alpha value is -4.11. The van der Waals surface area contributed by atoms with Crippen molar-refractivity contribution in [3.63, 3.8) is 0 Å². The van der Waals surface area contributed by atoms with Gasteiger partial charge in [-0.1, -0.05) is 57.3 Å². The molecule has 4 aromatic carbocycles. The SMILES string of the molecule is CCOc1cc(C=Nn2c(-c3cc4cc(Br)ccc4o3)nc3ccccc3c2=O)ccc1OCc1ccc(Cl)c(Cl)c1. The number of hydrogen-bond donors (Lipinski definition) is 0. The summed E-state index contributed by atoms with van der Waals surface area (Å²) in [7, 11) is 0. The van der Waals surface area contributed by atoms with E-state index in [2.05, 4.69) is 21.0 Å². The van der Waals surface area contributed by atoms with Crippen molar-refractivity contribution in [3.05, 3.63) is 121 Å². The molecule has 0 atom stereocenters. The van der Waals surface area contributed by atoms with E-state index in [1.807, 2.05) is 49.4 Å². The van der Waals surface area contributed by atoms with Crippen molar-refractivity contribution in [3.8, 4) is 23.1 Å². The third kappa shape index (κ3) is 5.79. The summed E-state index contributed by atoms with van der Waals surface area (Å²) in [6.07, 6.45) is 1.58. The van der Waals surface area contributed by atoms with Gasteiger partial charge >= 0.3 is 0 Å². The fourth-order valence-corrected chi connectivity index (χ4v) is 5.12. The summed E-state index contributed by atoms with van der Waals surface area (Å²) in [4.78, 5) is 18.3. The van der Waals surface area contributed by atoms with Gasteiger partial charge in [0, 0.05) is 9.86 Å². The molecule has 0 saturated heterocycles. The highest BCUT2D eigenvalue weighted by molar-refractivity contribution is 9.10. The van der Waals surface area contributed by atoms with Gasteiger partial charge in [-0.15, -0.1) is 0 Å². The Morgan fingerprint density at radius 2 is 1.81 bits per heavy atom. The summed E-state index contributed by atoms with van der Waals surface area (Å²) >= 11 is 15.7. The molecule has 0 radical (unpaired) electrons. The van der Waals surface area contributed by atoms with Crippen LogP contribution in [0.4, 0.5) is 0 Å². The van der Waals surface area contributed by atoms with E-state index in [0.29, 0.717) is 56.0 Å². The van der Waals surface area contributed by atoms with Gasteiger partial charge in [0.05, 0.1) is 33.8 Å². The molecule has 0 fully saturated rings. The van der Waals surface area contributed by atoms with Gasteiger partial charge in [-0.2, -0.15) is 9.78 Å². The van der Waals surface area contributed by atoms with Gasteiger partial charge in [-0.25, -0.2) is 4.98 Å². The molecule has 6 rings (SSSR count). The van der Waals surface area contributed by atoms with Gasteiger partial charge in [0.15, 0.2) is 17.3 Å². The third-order valence-corrected chi connectivity index (χ3v) is 7.65. The summed E-state index contributed by atoms with van der Waals surface area (Å²) in [5.41, 5.74) is 2.46. The molecule has 210 valence electrons. The molecule has 0 bridgehead atoms. The number of hydrogen-bond acceptors (Lipinski definition) is 6. The Bertz CT molecular complexity index is 2040. The van der Waals surface area contributed by atoms with Gasteiger partial charge in [-0.05, 0) is 84.8 Å². The van der Waals surface area contributed by atoms with Crippen LogP contribution in [0.2, 0.25) is 10.0 Å². The number of furan rings is 1. The Morgan fingerprint density at radius 1 is 0.952 bits per heavy atom. The van der Waals surface area contributed by atoms with Crippen molar-refractivity contribution in [1.29, 1.82) is 0 Å². The van der Waals surface area contributed by atoms with E-state index in [0.717, 1.165) is 15.4 Å². The van der Waals surface area contributed by atoms with E-state index in [1.54, 1.807) is 48.7 Å². The topological polar surface area (TPSA) is 78.9 Å². The van der Waals surface area contributed by atoms with E-state index in [-0.39, 0.29) is 18.0 Å². The van der Waals surface area contributed by atoms with Gasteiger partial charge in [0.2, 0.25) is 5.82 Å². The molecule has 10 heteroatoms. The second-order valence-electron chi connectivity index (χ2n) is 9.28. The zero-order valence-corrected chi connectivity index (χ0v) is 25.3. The van der Waals surface area contributed by atoms with Crippen LogP contribution in [-0.4, -0.2) is 22.5 Å². The zero-order chi connectivity index (χ0) is 29.2. The number of ether oxygens (including phenoxy) is 2. The molecule has 7 nitrogen and oxygen atoms in total. The van der Waals surface area contributed by atoms with Crippen molar-refractivity contribution in [2.75, 3.05) is 6.61 Å². The van der Waals surface area contributed by atoms with Crippen LogP contribution in [0.25, 0.3) is 33.5 Å². The lowest BCUT2D eigenvalue weighted by molar-refractivity contribution is 0.269. The fraction of sp³-hybridized carbons (Fsp3) is 0.0938. The van der Waals surface area contributed by atoms with Crippen LogP contribution in [0.3, 0.4) is 0 Å². The summed E-state index contributed by atoms with van der Waals surface area (Å²) in [5, 5.41) is 6.81. The minimum absolute atomic E-state index is 0.278. The van der Waals surface area contributed by atoms with Crippen molar-refractivity contribution in [1.82, 2.24) is 9.66 Å². The highest BCUT2D eigenvalue weighted by Gasteiger charge is 2.17. The lowest BCUT2D eigenvalue weighted by atomic mass is 10.2. The maximum atomic E-state index is 13.6. The first-order chi connectivity index (χ1) is 20.4. The van der Waals surface area contributed by atoms with E-state index in [1.165, 1.54) is 4.68 Å². The molecule has 0 aliphatic heterocycles. The van der Waals surface area contributed by atoms with Crippen LogP contribution in [0.1, 0.15) is 18.1 Å². The molecule has 0 aliphatic rings. The first-order valence-corrected chi connectivity index (χ1v) is 14.5. The summed E-state index contributed by atoms with van der Waals surface area (Å²) in [6, 6.07) is 25.4. The van der Waals surface area contributed by atoms with Crippen molar-refractivity contribution in [2.45, 2.75) is 13.5 Å². The van der Waals surface area contributed by atoms with Crippen molar-refractivity contribution < 1.29 is 13.9 Å². The van der Waals surface area contributed by atoms with Crippen LogP contribution in [0, 0.1) is 0 Å². The number of nitrogens with zero attached hydrogens (tertiary/aromatic N) is 3. The van der Waals surface area contributed by atoms with Crippen LogP contribution in [0.5, 0.6) is 11.5 Å². The first-order valence-electron chi connectivity index (χ1n) is 13.0. The second-order valence-corrected chi connectivity index (χ2v) is 11.0. The predicted molar refractivity (Wildman–Crippen MR) is 170 cm³/mol. The van der Waals surface area contributed by atoms with E-state index in [4.69, 9.17) is 42.1 Å². The van der Waals surface area contributed by atoms with E-state index in [9.17, 15) is 4.79 Å². The molecule has 0 saturated carbocycles. The van der Waals surface area contributed by atoms with Crippen LogP contribution in [0.15, 0.2) is 104 Å². The van der Waals surface area contributed by atoms with Crippen molar-refractivity contribution in [2.24, 2.45) is 5.10 Å². The molecule has 0 amide bonds. The summed E-state index contributed by atoms with van der Waals surface area (Å²) < 4.78 is 20.1. The molecular weight excluding hydrogens is 641 g/mol. The fourth-order valence-electron chi connectivity index (χ4n) is 4.42. The van der Waals surface area contributed by atoms with Gasteiger partial charge in [0.1, 0.15) is 12.2 Å². The number of para-hydroxylation sites is 1. The summed E-state index contributed by atoms with van der Waals surface area (Å²) in [5.74, 6) is 1.80. The maximum absolute atomic E-state index is 13.6. The zero-order valence-electron chi connectivity index (χ0n) is 22.2. The number of halogens is 3. The van der Waals surface area contributed by atoms with Gasteiger partial charge in [0.25, 0.3) is 5.56 Å². The molecule has 0 spiro atoms. The molecular formula is C32H22BrCl2N3O4. The smallest absolute Gasteiger partial charge is 0.282 e. The van der Waals surface area contributed by atoms with Crippen LogP contribution in [-0.2, 0) is 6.61 Å². The molecule has 2 aromatic heterocycles. The Balaban J connectivity index is 1.36. The maximum Gasteiger partial charge on any atom is 0.282 e. The molecule has 0 aliphatic carbocycles. The quantitative estimate of drug-likeness (QED) is 0.152. The standard InChI is InChI=1S/C32H22BrCl2N3O4/c1-2-40-29-14-19(8-11-28(29)41-18-20-7-10-24(34)25(35)13-20)17-36-38-31(37-26-6-4-3-5-23(26)32(38)39)30-16-21-15-22(33)9-12-27(21)42-30/h3-17H,2,18H2,1H3. The lowest BCUT2D eigenvalue weighted by Gasteiger charge is -2.13. The van der Waals surface area contributed by atoms with E-state index < -0.39 is 0 Å².